The summed E-state index contributed by atoms with van der Waals surface area (Å²) in [4.78, 5) is 12.4. The quantitative estimate of drug-likeness (QED) is 0.699. The second kappa shape index (κ2) is 6.81. The number of nitrogens with zero attached hydrogens (tertiary/aromatic N) is 3. The third-order valence-corrected chi connectivity index (χ3v) is 3.60. The molecule has 1 atom stereocenters. The van der Waals surface area contributed by atoms with Gasteiger partial charge >= 0.3 is 0 Å². The van der Waals surface area contributed by atoms with Crippen LogP contribution >= 0.6 is 23.2 Å². The zero-order chi connectivity index (χ0) is 16.2. The number of aromatic nitrogens is 3. The maximum atomic E-state index is 6.11. The number of nitrogen functional groups attached to an aromatic ring is 1. The summed E-state index contributed by atoms with van der Waals surface area (Å²) >= 11 is 12.1. The van der Waals surface area contributed by atoms with Crippen molar-refractivity contribution < 1.29 is 0 Å². The molecule has 0 fully saturated rings. The topological polar surface area (TPSA) is 76.7 Å². The van der Waals surface area contributed by atoms with E-state index < -0.39 is 0 Å². The minimum absolute atomic E-state index is 0.103. The van der Waals surface area contributed by atoms with Crippen molar-refractivity contribution in [2.45, 2.75) is 6.04 Å². The molecule has 2 heterocycles. The fraction of sp³-hybridized carbons (Fsp3) is 0.0625. The zero-order valence-electron chi connectivity index (χ0n) is 11.9. The van der Waals surface area contributed by atoms with Gasteiger partial charge in [-0.05, 0) is 29.8 Å². The largest absolute Gasteiger partial charge is 0.368 e. The van der Waals surface area contributed by atoms with E-state index in [0.717, 1.165) is 11.3 Å². The second-order valence-electron chi connectivity index (χ2n) is 4.82. The summed E-state index contributed by atoms with van der Waals surface area (Å²) in [6.45, 7) is 0. The molecule has 1 aromatic carbocycles. The van der Waals surface area contributed by atoms with E-state index in [4.69, 9.17) is 28.9 Å². The molecule has 0 bridgehead atoms. The number of nitrogens with one attached hydrogen (secondary N) is 1. The molecule has 3 aromatic rings. The van der Waals surface area contributed by atoms with Gasteiger partial charge in [0.05, 0.1) is 11.7 Å². The van der Waals surface area contributed by atoms with Crippen LogP contribution in [-0.2, 0) is 0 Å². The Balaban J connectivity index is 2.02. The molecule has 1 unspecified atom stereocenters. The van der Waals surface area contributed by atoms with Gasteiger partial charge in [0.25, 0.3) is 0 Å². The van der Waals surface area contributed by atoms with Crippen molar-refractivity contribution in [1.82, 2.24) is 15.0 Å². The van der Waals surface area contributed by atoms with E-state index in [0.29, 0.717) is 10.8 Å². The van der Waals surface area contributed by atoms with Gasteiger partial charge in [0.2, 0.25) is 5.95 Å². The smallest absolute Gasteiger partial charge is 0.223 e. The molecule has 0 radical (unpaired) electrons. The molecular weight excluding hydrogens is 333 g/mol. The van der Waals surface area contributed by atoms with Crippen LogP contribution in [0.2, 0.25) is 10.2 Å². The molecule has 0 aliphatic carbocycles. The normalized spacial score (nSPS) is 11.9. The van der Waals surface area contributed by atoms with Crippen LogP contribution in [-0.4, -0.2) is 15.0 Å². The average Bonchev–Trinajstić information content (AvgIpc) is 2.52. The molecule has 5 nitrogen and oxygen atoms in total. The predicted octanol–water partition coefficient (Wildman–Crippen LogP) is 3.96. The highest BCUT2D eigenvalue weighted by Crippen LogP contribution is 2.27. The lowest BCUT2D eigenvalue weighted by Gasteiger charge is -2.20. The fourth-order valence-electron chi connectivity index (χ4n) is 2.22. The Morgan fingerprint density at radius 1 is 1.00 bits per heavy atom. The minimum Gasteiger partial charge on any atom is -0.368 e. The van der Waals surface area contributed by atoms with E-state index in [1.807, 2.05) is 42.5 Å². The molecule has 0 aliphatic rings. The first-order valence-electron chi connectivity index (χ1n) is 6.85. The Kier molecular flexibility index (Phi) is 4.60. The molecule has 3 rings (SSSR count). The van der Waals surface area contributed by atoms with Gasteiger partial charge in [0.15, 0.2) is 0 Å². The van der Waals surface area contributed by atoms with Gasteiger partial charge in [-0.15, -0.1) is 0 Å². The molecule has 0 aliphatic heterocycles. The number of nitrogens with two attached hydrogens (primary N) is 1. The Labute approximate surface area is 143 Å². The molecule has 0 spiro atoms. The van der Waals surface area contributed by atoms with Crippen molar-refractivity contribution in [3.05, 3.63) is 76.2 Å². The molecule has 0 saturated heterocycles. The van der Waals surface area contributed by atoms with Crippen LogP contribution in [0.25, 0.3) is 0 Å². The van der Waals surface area contributed by atoms with Crippen molar-refractivity contribution in [2.75, 3.05) is 11.1 Å². The highest BCUT2D eigenvalue weighted by atomic mass is 35.5. The molecule has 23 heavy (non-hydrogen) atoms. The van der Waals surface area contributed by atoms with Crippen LogP contribution in [0, 0.1) is 0 Å². The Morgan fingerprint density at radius 2 is 1.87 bits per heavy atom. The van der Waals surface area contributed by atoms with Gasteiger partial charge in [-0.25, -0.2) is 4.98 Å². The zero-order valence-corrected chi connectivity index (χ0v) is 13.5. The minimum atomic E-state index is -0.250. The second-order valence-corrected chi connectivity index (χ2v) is 5.64. The fourth-order valence-corrected chi connectivity index (χ4v) is 2.61. The summed E-state index contributed by atoms with van der Waals surface area (Å²) in [5.41, 5.74) is 7.42. The monoisotopic (exact) mass is 345 g/mol. The van der Waals surface area contributed by atoms with E-state index in [1.54, 1.807) is 12.3 Å². The Hall–Kier alpha value is -2.37. The number of rotatable bonds is 4. The van der Waals surface area contributed by atoms with E-state index in [9.17, 15) is 0 Å². The first kappa shape index (κ1) is 15.5. The lowest BCUT2D eigenvalue weighted by Crippen LogP contribution is -2.15. The first-order chi connectivity index (χ1) is 11.1. The maximum Gasteiger partial charge on any atom is 0.223 e. The van der Waals surface area contributed by atoms with Crippen molar-refractivity contribution in [3.8, 4) is 0 Å². The number of hydrogen-bond acceptors (Lipinski definition) is 5. The van der Waals surface area contributed by atoms with Crippen LogP contribution in [0.3, 0.4) is 0 Å². The third-order valence-electron chi connectivity index (χ3n) is 3.17. The van der Waals surface area contributed by atoms with Crippen LogP contribution < -0.4 is 11.1 Å². The lowest BCUT2D eigenvalue weighted by molar-refractivity contribution is 0.877. The molecule has 2 aromatic heterocycles. The SMILES string of the molecule is Nc1nc(Cl)cc(NC(c2cccc(Cl)c2)c2ccccn2)n1. The van der Waals surface area contributed by atoms with Crippen LogP contribution in [0.5, 0.6) is 0 Å². The highest BCUT2D eigenvalue weighted by molar-refractivity contribution is 6.30. The number of benzene rings is 1. The number of anilines is 2. The van der Waals surface area contributed by atoms with Gasteiger partial charge in [-0.3, -0.25) is 4.98 Å². The molecule has 3 N–H and O–H groups in total. The lowest BCUT2D eigenvalue weighted by atomic mass is 10.0. The summed E-state index contributed by atoms with van der Waals surface area (Å²) in [5, 5.41) is 4.20. The molecular formula is C16H13Cl2N5. The molecule has 0 amide bonds. The van der Waals surface area contributed by atoms with Gasteiger partial charge in [-0.2, -0.15) is 4.98 Å². The summed E-state index contributed by atoms with van der Waals surface area (Å²) in [6.07, 6.45) is 1.73. The van der Waals surface area contributed by atoms with E-state index in [2.05, 4.69) is 20.3 Å². The van der Waals surface area contributed by atoms with E-state index in [1.165, 1.54) is 0 Å². The van der Waals surface area contributed by atoms with Crippen molar-refractivity contribution in [1.29, 1.82) is 0 Å². The summed E-state index contributed by atoms with van der Waals surface area (Å²) in [5.74, 6) is 0.615. The van der Waals surface area contributed by atoms with Crippen LogP contribution in [0.1, 0.15) is 17.3 Å². The van der Waals surface area contributed by atoms with E-state index >= 15 is 0 Å². The molecule has 7 heteroatoms. The maximum absolute atomic E-state index is 6.11. The van der Waals surface area contributed by atoms with Gasteiger partial charge in [0.1, 0.15) is 11.0 Å². The molecule has 116 valence electrons. The predicted molar refractivity (Wildman–Crippen MR) is 92.6 cm³/mol. The van der Waals surface area contributed by atoms with Crippen molar-refractivity contribution in [3.63, 3.8) is 0 Å². The Morgan fingerprint density at radius 3 is 2.57 bits per heavy atom. The van der Waals surface area contributed by atoms with Gasteiger partial charge in [-0.1, -0.05) is 41.4 Å². The summed E-state index contributed by atoms with van der Waals surface area (Å²) in [6, 6.07) is 14.6. The van der Waals surface area contributed by atoms with Crippen molar-refractivity contribution in [2.24, 2.45) is 0 Å². The van der Waals surface area contributed by atoms with Gasteiger partial charge in [0, 0.05) is 17.3 Å². The molecule has 0 saturated carbocycles. The van der Waals surface area contributed by atoms with Crippen LogP contribution in [0.15, 0.2) is 54.7 Å². The Bertz CT molecular complexity index is 790. The van der Waals surface area contributed by atoms with Crippen LogP contribution in [0.4, 0.5) is 11.8 Å². The number of hydrogen-bond donors (Lipinski definition) is 2. The standard InChI is InChI=1S/C16H13Cl2N5/c17-11-5-3-4-10(8-11)15(12-6-1-2-7-20-12)22-14-9-13(18)21-16(19)23-14/h1-9,15H,(H3,19,21,22,23). The van der Waals surface area contributed by atoms with Gasteiger partial charge < -0.3 is 11.1 Å². The highest BCUT2D eigenvalue weighted by Gasteiger charge is 2.17. The van der Waals surface area contributed by atoms with Crippen molar-refractivity contribution >= 4 is 35.0 Å². The first-order valence-corrected chi connectivity index (χ1v) is 7.60. The van der Waals surface area contributed by atoms with E-state index in [-0.39, 0.29) is 17.1 Å². The number of halogens is 2. The summed E-state index contributed by atoms with van der Waals surface area (Å²) in [7, 11) is 0. The third kappa shape index (κ3) is 3.88. The summed E-state index contributed by atoms with van der Waals surface area (Å²) < 4.78 is 0. The average molecular weight is 346 g/mol. The number of pyridine rings is 1.